The fraction of sp³-hybridized carbons (Fsp3) is 0.273. The maximum Gasteiger partial charge on any atom is 0.325 e. The zero-order chi connectivity index (χ0) is 11.5. The lowest BCUT2D eigenvalue weighted by atomic mass is 10.0. The van der Waals surface area contributed by atoms with Crippen molar-refractivity contribution in [1.82, 2.24) is 0 Å². The monoisotopic (exact) mass is 228 g/mol. The van der Waals surface area contributed by atoms with Gasteiger partial charge < -0.3 is 0 Å². The number of rotatable bonds is 3. The Morgan fingerprint density at radius 3 is 2.53 bits per heavy atom. The Morgan fingerprint density at radius 1 is 1.33 bits per heavy atom. The molecule has 82 valence electrons. The zero-order valence-electron chi connectivity index (χ0n) is 8.64. The first kappa shape index (κ1) is 11.9. The molecule has 0 saturated heterocycles. The smallest absolute Gasteiger partial charge is 0.190 e. The molecule has 0 radical (unpaired) electrons. The maximum atomic E-state index is 12.2. The second kappa shape index (κ2) is 4.57. The van der Waals surface area contributed by atoms with Crippen LogP contribution in [0.25, 0.3) is 6.08 Å². The highest BCUT2D eigenvalue weighted by molar-refractivity contribution is 7.89. The molecular weight excluding hydrogens is 215 g/mol. The quantitative estimate of drug-likeness (QED) is 0.745. The number of hydrogen-bond donors (Lipinski definition) is 0. The van der Waals surface area contributed by atoms with E-state index in [0.717, 1.165) is 5.56 Å². The summed E-state index contributed by atoms with van der Waals surface area (Å²) in [6.07, 6.45) is 1.25. The normalized spacial score (nSPS) is 12.5. The van der Waals surface area contributed by atoms with Crippen LogP contribution in [-0.2, 0) is 10.2 Å². The number of benzene rings is 1. The predicted octanol–water partition coefficient (Wildman–Crippen LogP) is 3.08. The van der Waals surface area contributed by atoms with Crippen LogP contribution in [0.15, 0.2) is 29.7 Å². The summed E-state index contributed by atoms with van der Waals surface area (Å²) < 4.78 is 32.8. The van der Waals surface area contributed by atoms with Crippen molar-refractivity contribution < 1.29 is 12.3 Å². The van der Waals surface area contributed by atoms with Crippen molar-refractivity contribution in [3.63, 3.8) is 0 Å². The van der Waals surface area contributed by atoms with Crippen LogP contribution in [-0.4, -0.2) is 8.42 Å². The minimum Gasteiger partial charge on any atom is -0.190 e. The zero-order valence-corrected chi connectivity index (χ0v) is 9.46. The van der Waals surface area contributed by atoms with E-state index in [2.05, 4.69) is 0 Å². The van der Waals surface area contributed by atoms with Crippen LogP contribution in [0.5, 0.6) is 0 Å². The molecular formula is C11H13FO2S. The van der Waals surface area contributed by atoms with Crippen molar-refractivity contribution in [1.29, 1.82) is 0 Å². The van der Waals surface area contributed by atoms with Crippen molar-refractivity contribution in [2.75, 3.05) is 0 Å². The standard InChI is InChI=1S/C11H13FO2S/c1-9(2)11-5-3-4-10(8-11)6-7-15(12,13)14/h3-9H,1-2H3/b7-6+. The van der Waals surface area contributed by atoms with Crippen LogP contribution in [0, 0.1) is 0 Å². The molecule has 0 aliphatic heterocycles. The summed E-state index contributed by atoms with van der Waals surface area (Å²) in [5.41, 5.74) is 1.77. The van der Waals surface area contributed by atoms with E-state index in [1.165, 1.54) is 6.08 Å². The molecule has 0 bridgehead atoms. The number of halogens is 1. The van der Waals surface area contributed by atoms with Crippen molar-refractivity contribution in [3.8, 4) is 0 Å². The molecule has 0 amide bonds. The molecule has 0 saturated carbocycles. The summed E-state index contributed by atoms with van der Waals surface area (Å²) in [5.74, 6) is 0.361. The van der Waals surface area contributed by atoms with Gasteiger partial charge in [-0.1, -0.05) is 38.1 Å². The Hall–Kier alpha value is -1.16. The third kappa shape index (κ3) is 4.25. The van der Waals surface area contributed by atoms with Crippen LogP contribution in [0.4, 0.5) is 3.89 Å². The molecule has 0 heterocycles. The fourth-order valence-electron chi connectivity index (χ4n) is 1.18. The van der Waals surface area contributed by atoms with E-state index < -0.39 is 10.2 Å². The van der Waals surface area contributed by atoms with Gasteiger partial charge in [-0.25, -0.2) is 0 Å². The highest BCUT2D eigenvalue weighted by Gasteiger charge is 2.01. The predicted molar refractivity (Wildman–Crippen MR) is 59.6 cm³/mol. The molecule has 0 fully saturated rings. The van der Waals surface area contributed by atoms with Crippen LogP contribution >= 0.6 is 0 Å². The van der Waals surface area contributed by atoms with Crippen LogP contribution < -0.4 is 0 Å². The van der Waals surface area contributed by atoms with Gasteiger partial charge in [0, 0.05) is 0 Å². The van der Waals surface area contributed by atoms with Crippen LogP contribution in [0.3, 0.4) is 0 Å². The van der Waals surface area contributed by atoms with Gasteiger partial charge in [-0.05, 0) is 23.1 Å². The number of hydrogen-bond acceptors (Lipinski definition) is 2. The average molecular weight is 228 g/mol. The molecule has 0 spiro atoms. The van der Waals surface area contributed by atoms with E-state index in [-0.39, 0.29) is 0 Å². The molecule has 0 aliphatic carbocycles. The van der Waals surface area contributed by atoms with E-state index in [1.54, 1.807) is 6.07 Å². The highest BCUT2D eigenvalue weighted by atomic mass is 32.3. The van der Waals surface area contributed by atoms with Gasteiger partial charge in [0.25, 0.3) is 0 Å². The summed E-state index contributed by atoms with van der Waals surface area (Å²) in [5, 5.41) is 0.562. The molecule has 1 aromatic carbocycles. The highest BCUT2D eigenvalue weighted by Crippen LogP contribution is 2.16. The van der Waals surface area contributed by atoms with Crippen LogP contribution in [0.1, 0.15) is 30.9 Å². The first-order valence-electron chi connectivity index (χ1n) is 4.61. The maximum absolute atomic E-state index is 12.2. The molecule has 0 aromatic heterocycles. The summed E-state index contributed by atoms with van der Waals surface area (Å²) in [7, 11) is -4.54. The molecule has 1 rings (SSSR count). The summed E-state index contributed by atoms with van der Waals surface area (Å²) in [6, 6.07) is 7.34. The molecule has 15 heavy (non-hydrogen) atoms. The largest absolute Gasteiger partial charge is 0.325 e. The van der Waals surface area contributed by atoms with E-state index in [1.807, 2.05) is 32.0 Å². The minimum atomic E-state index is -4.54. The van der Waals surface area contributed by atoms with E-state index in [9.17, 15) is 12.3 Å². The van der Waals surface area contributed by atoms with Crippen molar-refractivity contribution in [2.24, 2.45) is 0 Å². The summed E-state index contributed by atoms with van der Waals surface area (Å²) >= 11 is 0. The SMILES string of the molecule is CC(C)c1cccc(/C=C/S(=O)(=O)F)c1. The second-order valence-corrected chi connectivity index (χ2v) is 4.83. The third-order valence-corrected chi connectivity index (χ3v) is 2.46. The van der Waals surface area contributed by atoms with Gasteiger partial charge in [-0.3, -0.25) is 0 Å². The van der Waals surface area contributed by atoms with Gasteiger partial charge in [0.05, 0.1) is 5.41 Å². The van der Waals surface area contributed by atoms with Crippen LogP contribution in [0.2, 0.25) is 0 Å². The van der Waals surface area contributed by atoms with Gasteiger partial charge in [-0.15, -0.1) is 3.89 Å². The Morgan fingerprint density at radius 2 is 2.00 bits per heavy atom. The molecule has 0 aliphatic rings. The van der Waals surface area contributed by atoms with Gasteiger partial charge in [0.1, 0.15) is 0 Å². The molecule has 0 atom stereocenters. The van der Waals surface area contributed by atoms with Gasteiger partial charge in [0.15, 0.2) is 0 Å². The Kier molecular flexibility index (Phi) is 3.63. The van der Waals surface area contributed by atoms with E-state index in [4.69, 9.17) is 0 Å². The first-order valence-corrected chi connectivity index (χ1v) is 6.06. The van der Waals surface area contributed by atoms with Gasteiger partial charge in [0.2, 0.25) is 0 Å². The first-order chi connectivity index (χ1) is 6.88. The van der Waals surface area contributed by atoms with E-state index >= 15 is 0 Å². The molecule has 2 nitrogen and oxygen atoms in total. The molecule has 0 N–H and O–H groups in total. The van der Waals surface area contributed by atoms with Gasteiger partial charge in [-0.2, -0.15) is 8.42 Å². The average Bonchev–Trinajstić information content (AvgIpc) is 2.14. The van der Waals surface area contributed by atoms with Gasteiger partial charge >= 0.3 is 10.2 Å². The third-order valence-electron chi connectivity index (χ3n) is 2.00. The lowest BCUT2D eigenvalue weighted by Gasteiger charge is -2.05. The van der Waals surface area contributed by atoms with Crippen molar-refractivity contribution in [3.05, 3.63) is 40.8 Å². The second-order valence-electron chi connectivity index (χ2n) is 3.60. The molecule has 0 unspecified atom stereocenters. The summed E-state index contributed by atoms with van der Waals surface area (Å²) in [6.45, 7) is 4.07. The lowest BCUT2D eigenvalue weighted by Crippen LogP contribution is -1.87. The molecule has 4 heteroatoms. The minimum absolute atomic E-state index is 0.361. The Balaban J connectivity index is 2.97. The summed E-state index contributed by atoms with van der Waals surface area (Å²) in [4.78, 5) is 0. The Bertz CT molecular complexity index is 461. The molecule has 1 aromatic rings. The Labute approximate surface area is 89.7 Å². The topological polar surface area (TPSA) is 34.1 Å². The van der Waals surface area contributed by atoms with E-state index in [0.29, 0.717) is 16.9 Å². The lowest BCUT2D eigenvalue weighted by molar-refractivity contribution is 0.563. The van der Waals surface area contributed by atoms with Crippen molar-refractivity contribution >= 4 is 16.3 Å². The van der Waals surface area contributed by atoms with Crippen molar-refractivity contribution in [2.45, 2.75) is 19.8 Å². The fourth-order valence-corrected chi connectivity index (χ4v) is 1.50.